The molecule has 2 nitrogen and oxygen atoms in total. The van der Waals surface area contributed by atoms with Gasteiger partial charge in [-0.05, 0) is 37.5 Å². The van der Waals surface area contributed by atoms with E-state index in [4.69, 9.17) is 4.74 Å². The molecule has 0 amide bonds. The fourth-order valence-electron chi connectivity index (χ4n) is 2.95. The van der Waals surface area contributed by atoms with Gasteiger partial charge < -0.3 is 4.74 Å². The van der Waals surface area contributed by atoms with E-state index in [2.05, 4.69) is 18.2 Å². The fourth-order valence-corrected chi connectivity index (χ4v) is 2.95. The maximum Gasteiger partial charge on any atom is 0.339 e. The number of aryl methyl sites for hydroxylation is 1. The lowest BCUT2D eigenvalue weighted by molar-refractivity contribution is 0.00117. The molecule has 2 heteroatoms. The third-order valence-electron chi connectivity index (χ3n) is 4.21. The number of hydrogen-bond donors (Lipinski definition) is 0. The van der Waals surface area contributed by atoms with Crippen molar-refractivity contribution in [3.63, 3.8) is 0 Å². The van der Waals surface area contributed by atoms with Gasteiger partial charge in [0, 0.05) is 12.0 Å². The third-order valence-corrected chi connectivity index (χ3v) is 4.21. The molecule has 20 heavy (non-hydrogen) atoms. The average Bonchev–Trinajstić information content (AvgIpc) is 2.66. The molecule has 1 aliphatic heterocycles. The molecule has 1 atom stereocenters. The zero-order valence-electron chi connectivity index (χ0n) is 12.1. The van der Waals surface area contributed by atoms with Gasteiger partial charge in [0.15, 0.2) is 0 Å². The molecule has 0 saturated heterocycles. The van der Waals surface area contributed by atoms with Crippen LogP contribution in [0.5, 0.6) is 0 Å². The Labute approximate surface area is 119 Å². The summed E-state index contributed by atoms with van der Waals surface area (Å²) in [6.07, 6.45) is 0.703. The summed E-state index contributed by atoms with van der Waals surface area (Å²) in [5.41, 5.74) is 4.53. The minimum atomic E-state index is -0.563. The molecule has 1 heterocycles. The summed E-state index contributed by atoms with van der Waals surface area (Å²) in [7, 11) is 0. The van der Waals surface area contributed by atoms with Gasteiger partial charge in [-0.1, -0.05) is 42.5 Å². The fraction of sp³-hybridized carbons (Fsp3) is 0.278. The number of esters is 1. The smallest absolute Gasteiger partial charge is 0.339 e. The van der Waals surface area contributed by atoms with Gasteiger partial charge in [0.1, 0.15) is 5.60 Å². The average molecular weight is 266 g/mol. The predicted octanol–water partition coefficient (Wildman–Crippen LogP) is 3.93. The molecule has 0 aromatic heterocycles. The van der Waals surface area contributed by atoms with Crippen molar-refractivity contribution in [1.29, 1.82) is 0 Å². The molecule has 1 unspecified atom stereocenters. The molecule has 0 saturated carbocycles. The van der Waals surface area contributed by atoms with Gasteiger partial charge in [-0.25, -0.2) is 4.79 Å². The molecule has 0 aliphatic carbocycles. The van der Waals surface area contributed by atoms with Crippen molar-refractivity contribution in [1.82, 2.24) is 0 Å². The molecule has 1 aliphatic rings. The second-order valence-corrected chi connectivity index (χ2v) is 5.71. The highest BCUT2D eigenvalue weighted by molar-refractivity contribution is 5.96. The van der Waals surface area contributed by atoms with Crippen LogP contribution in [-0.2, 0) is 16.8 Å². The van der Waals surface area contributed by atoms with Gasteiger partial charge in [-0.2, -0.15) is 0 Å². The molecule has 0 spiro atoms. The number of benzene rings is 2. The second-order valence-electron chi connectivity index (χ2n) is 5.71. The molecule has 0 N–H and O–H groups in total. The first-order chi connectivity index (χ1) is 9.51. The molecule has 3 rings (SSSR count). The Morgan fingerprint density at radius 3 is 2.45 bits per heavy atom. The van der Waals surface area contributed by atoms with Crippen LogP contribution in [-0.4, -0.2) is 5.97 Å². The molecule has 2 aromatic rings. The number of ether oxygens (including phenoxy) is 1. The van der Waals surface area contributed by atoms with Crippen LogP contribution in [0, 0.1) is 13.8 Å². The van der Waals surface area contributed by atoms with E-state index in [1.807, 2.05) is 45.0 Å². The van der Waals surface area contributed by atoms with E-state index in [9.17, 15) is 4.79 Å². The maximum absolute atomic E-state index is 12.2. The van der Waals surface area contributed by atoms with Crippen LogP contribution >= 0.6 is 0 Å². The maximum atomic E-state index is 12.2. The molecule has 0 fully saturated rings. The summed E-state index contributed by atoms with van der Waals surface area (Å²) >= 11 is 0. The Kier molecular flexibility index (Phi) is 2.89. The van der Waals surface area contributed by atoms with E-state index in [-0.39, 0.29) is 5.97 Å². The number of rotatable bonds is 2. The Bertz CT molecular complexity index is 673. The van der Waals surface area contributed by atoms with E-state index in [1.165, 1.54) is 5.56 Å². The summed E-state index contributed by atoms with van der Waals surface area (Å²) in [5.74, 6) is -0.195. The van der Waals surface area contributed by atoms with Crippen LogP contribution in [0.2, 0.25) is 0 Å². The monoisotopic (exact) mass is 266 g/mol. The summed E-state index contributed by atoms with van der Waals surface area (Å²) < 4.78 is 5.72. The quantitative estimate of drug-likeness (QED) is 0.770. The highest BCUT2D eigenvalue weighted by Crippen LogP contribution is 2.40. The van der Waals surface area contributed by atoms with Crippen molar-refractivity contribution in [3.05, 3.63) is 70.3 Å². The van der Waals surface area contributed by atoms with Crippen molar-refractivity contribution >= 4 is 5.97 Å². The van der Waals surface area contributed by atoms with Crippen molar-refractivity contribution in [2.45, 2.75) is 32.8 Å². The van der Waals surface area contributed by atoms with Gasteiger partial charge in [-0.15, -0.1) is 0 Å². The van der Waals surface area contributed by atoms with E-state index >= 15 is 0 Å². The van der Waals surface area contributed by atoms with Crippen molar-refractivity contribution < 1.29 is 9.53 Å². The van der Waals surface area contributed by atoms with Crippen LogP contribution in [0.15, 0.2) is 42.5 Å². The number of carbonyl (C=O) groups is 1. The van der Waals surface area contributed by atoms with Gasteiger partial charge in [0.25, 0.3) is 0 Å². The Hall–Kier alpha value is -2.09. The lowest BCUT2D eigenvalue weighted by atomic mass is 9.86. The van der Waals surface area contributed by atoms with E-state index in [0.29, 0.717) is 6.42 Å². The number of cyclic esters (lactones) is 1. The summed E-state index contributed by atoms with van der Waals surface area (Å²) in [4.78, 5) is 12.2. The van der Waals surface area contributed by atoms with Gasteiger partial charge >= 0.3 is 5.97 Å². The molecule has 2 aromatic carbocycles. The highest BCUT2D eigenvalue weighted by atomic mass is 16.6. The minimum Gasteiger partial charge on any atom is -0.450 e. The van der Waals surface area contributed by atoms with Crippen LogP contribution < -0.4 is 0 Å². The standard InChI is InChI=1S/C18H18O2/c1-12-9-10-15-16(13(12)2)17(19)20-18(15,3)11-14-7-5-4-6-8-14/h4-10H,11H2,1-3H3. The Morgan fingerprint density at radius 2 is 1.75 bits per heavy atom. The molecule has 0 bridgehead atoms. The van der Waals surface area contributed by atoms with Crippen molar-refractivity contribution in [2.24, 2.45) is 0 Å². The first-order valence-electron chi connectivity index (χ1n) is 6.89. The van der Waals surface area contributed by atoms with E-state index < -0.39 is 5.60 Å². The van der Waals surface area contributed by atoms with Crippen LogP contribution in [0.25, 0.3) is 0 Å². The zero-order valence-corrected chi connectivity index (χ0v) is 12.1. The first kappa shape index (κ1) is 12.9. The van der Waals surface area contributed by atoms with E-state index in [0.717, 1.165) is 22.3 Å². The Morgan fingerprint density at radius 1 is 1.05 bits per heavy atom. The topological polar surface area (TPSA) is 26.3 Å². The van der Waals surface area contributed by atoms with Crippen LogP contribution in [0.4, 0.5) is 0 Å². The Balaban J connectivity index is 2.06. The minimum absolute atomic E-state index is 0.195. The van der Waals surface area contributed by atoms with E-state index in [1.54, 1.807) is 0 Å². The predicted molar refractivity (Wildman–Crippen MR) is 78.8 cm³/mol. The van der Waals surface area contributed by atoms with Crippen molar-refractivity contribution in [2.75, 3.05) is 0 Å². The van der Waals surface area contributed by atoms with Crippen LogP contribution in [0.1, 0.15) is 39.5 Å². The third kappa shape index (κ3) is 1.92. The summed E-state index contributed by atoms with van der Waals surface area (Å²) in [5, 5.41) is 0. The zero-order chi connectivity index (χ0) is 14.3. The number of fused-ring (bicyclic) bond motifs is 1. The normalized spacial score (nSPS) is 20.6. The summed E-state index contributed by atoms with van der Waals surface area (Å²) in [6, 6.07) is 14.3. The SMILES string of the molecule is Cc1ccc2c(c1C)C(=O)OC2(C)Cc1ccccc1. The molecule has 0 radical (unpaired) electrons. The summed E-state index contributed by atoms with van der Waals surface area (Å²) in [6.45, 7) is 6.01. The number of hydrogen-bond acceptors (Lipinski definition) is 2. The second kappa shape index (κ2) is 4.48. The molecular weight excluding hydrogens is 248 g/mol. The largest absolute Gasteiger partial charge is 0.450 e. The lowest BCUT2D eigenvalue weighted by Gasteiger charge is -2.24. The van der Waals surface area contributed by atoms with Gasteiger partial charge in [0.2, 0.25) is 0 Å². The number of carbonyl (C=O) groups excluding carboxylic acids is 1. The van der Waals surface area contributed by atoms with Crippen molar-refractivity contribution in [3.8, 4) is 0 Å². The first-order valence-corrected chi connectivity index (χ1v) is 6.89. The molecular formula is C18H18O2. The van der Waals surface area contributed by atoms with Crippen LogP contribution in [0.3, 0.4) is 0 Å². The van der Waals surface area contributed by atoms with Gasteiger partial charge in [0.05, 0.1) is 5.56 Å². The lowest BCUT2D eigenvalue weighted by Crippen LogP contribution is -2.24. The highest BCUT2D eigenvalue weighted by Gasteiger charge is 2.42. The molecule has 102 valence electrons. The van der Waals surface area contributed by atoms with Gasteiger partial charge in [-0.3, -0.25) is 0 Å².